The molecule has 0 bridgehead atoms. The summed E-state index contributed by atoms with van der Waals surface area (Å²) in [5, 5.41) is 0.689. The fourth-order valence-electron chi connectivity index (χ4n) is 2.08. The third kappa shape index (κ3) is 3.51. The average Bonchev–Trinajstić information content (AvgIpc) is 2.45. The highest BCUT2D eigenvalue weighted by Gasteiger charge is 2.20. The third-order valence-corrected chi connectivity index (χ3v) is 5.40. The van der Waals surface area contributed by atoms with E-state index in [1.807, 2.05) is 20.8 Å². The molecule has 1 aromatic carbocycles. The summed E-state index contributed by atoms with van der Waals surface area (Å²) in [5.41, 5.74) is 0.415. The van der Waals surface area contributed by atoms with E-state index in [-0.39, 0.29) is 22.4 Å². The number of H-pyrrole nitrogens is 1. The molecule has 0 aliphatic carbocycles. The van der Waals surface area contributed by atoms with Crippen LogP contribution in [-0.4, -0.2) is 19.4 Å². The van der Waals surface area contributed by atoms with E-state index in [2.05, 4.69) is 9.71 Å². The first-order chi connectivity index (χ1) is 9.83. The van der Waals surface area contributed by atoms with Crippen LogP contribution in [0.3, 0.4) is 0 Å². The maximum atomic E-state index is 12.4. The Balaban J connectivity index is 2.36. The molecule has 114 valence electrons. The van der Waals surface area contributed by atoms with Crippen molar-refractivity contribution in [1.82, 2.24) is 9.71 Å². The number of benzene rings is 1. The van der Waals surface area contributed by atoms with Crippen LogP contribution in [-0.2, 0) is 10.0 Å². The van der Waals surface area contributed by atoms with E-state index in [1.165, 1.54) is 12.1 Å². The molecule has 1 aromatic heterocycles. The fourth-order valence-corrected chi connectivity index (χ4v) is 3.47. The summed E-state index contributed by atoms with van der Waals surface area (Å²) in [6.07, 6.45) is 0.905. The van der Waals surface area contributed by atoms with Crippen molar-refractivity contribution in [3.63, 3.8) is 0 Å². The van der Waals surface area contributed by atoms with Crippen molar-refractivity contribution in [3.05, 3.63) is 40.7 Å². The number of nitrogens with one attached hydrogen (secondary N) is 2. The highest BCUT2D eigenvalue weighted by atomic mass is 32.2. The van der Waals surface area contributed by atoms with Gasteiger partial charge in [0.15, 0.2) is 0 Å². The Labute approximate surface area is 124 Å². The molecule has 2 rings (SSSR count). The maximum Gasteiger partial charge on any atom is 0.248 e. The monoisotopic (exact) mass is 308 g/mol. The molecule has 5 nitrogen and oxygen atoms in total. The number of fused-ring (bicyclic) bond motifs is 1. The zero-order valence-electron chi connectivity index (χ0n) is 12.4. The van der Waals surface area contributed by atoms with Gasteiger partial charge in [-0.05, 0) is 42.5 Å². The van der Waals surface area contributed by atoms with Gasteiger partial charge in [0, 0.05) is 17.6 Å². The van der Waals surface area contributed by atoms with E-state index < -0.39 is 10.0 Å². The summed E-state index contributed by atoms with van der Waals surface area (Å²) in [7, 11) is -3.56. The fraction of sp³-hybridized carbons (Fsp3) is 0.400. The van der Waals surface area contributed by atoms with Gasteiger partial charge >= 0.3 is 0 Å². The largest absolute Gasteiger partial charge is 0.322 e. The van der Waals surface area contributed by atoms with Crippen LogP contribution in [0.2, 0.25) is 0 Å². The van der Waals surface area contributed by atoms with Gasteiger partial charge in [-0.15, -0.1) is 0 Å². The van der Waals surface area contributed by atoms with Gasteiger partial charge in [0.2, 0.25) is 15.6 Å². The number of pyridine rings is 1. The molecule has 0 fully saturated rings. The first-order valence-electron chi connectivity index (χ1n) is 6.99. The van der Waals surface area contributed by atoms with E-state index in [9.17, 15) is 13.2 Å². The van der Waals surface area contributed by atoms with E-state index in [0.717, 1.165) is 6.42 Å². The number of aromatic nitrogens is 1. The molecule has 0 aliphatic rings. The predicted molar refractivity (Wildman–Crippen MR) is 83.8 cm³/mol. The van der Waals surface area contributed by atoms with Crippen molar-refractivity contribution in [2.45, 2.75) is 38.1 Å². The van der Waals surface area contributed by atoms with Crippen LogP contribution in [0.25, 0.3) is 10.9 Å². The normalized spacial score (nSPS) is 15.0. The second-order valence-electron chi connectivity index (χ2n) is 5.37. The Bertz CT molecular complexity index is 796. The van der Waals surface area contributed by atoms with Crippen molar-refractivity contribution in [1.29, 1.82) is 0 Å². The zero-order chi connectivity index (χ0) is 15.6. The van der Waals surface area contributed by atoms with Crippen LogP contribution in [0.1, 0.15) is 27.2 Å². The summed E-state index contributed by atoms with van der Waals surface area (Å²) in [6, 6.07) is 7.55. The zero-order valence-corrected chi connectivity index (χ0v) is 13.2. The Morgan fingerprint density at radius 1 is 1.19 bits per heavy atom. The Morgan fingerprint density at radius 2 is 1.90 bits per heavy atom. The van der Waals surface area contributed by atoms with Gasteiger partial charge in [-0.3, -0.25) is 4.79 Å². The Kier molecular flexibility index (Phi) is 4.49. The Morgan fingerprint density at radius 3 is 2.57 bits per heavy atom. The van der Waals surface area contributed by atoms with Gasteiger partial charge in [0.25, 0.3) is 0 Å². The van der Waals surface area contributed by atoms with Crippen LogP contribution >= 0.6 is 0 Å². The van der Waals surface area contributed by atoms with Crippen LogP contribution in [0.4, 0.5) is 0 Å². The molecular weight excluding hydrogens is 288 g/mol. The summed E-state index contributed by atoms with van der Waals surface area (Å²) in [6.45, 7) is 5.91. The van der Waals surface area contributed by atoms with Gasteiger partial charge < -0.3 is 4.98 Å². The SMILES string of the molecule is CCC(C)C(C)NS(=O)(=O)c1ccc2[nH]c(=O)ccc2c1. The summed E-state index contributed by atoms with van der Waals surface area (Å²) in [4.78, 5) is 14.1. The third-order valence-electron chi connectivity index (χ3n) is 3.84. The smallest absolute Gasteiger partial charge is 0.248 e. The van der Waals surface area contributed by atoms with Gasteiger partial charge in [-0.25, -0.2) is 13.1 Å². The first kappa shape index (κ1) is 15.7. The number of hydrogen-bond donors (Lipinski definition) is 2. The van der Waals surface area contributed by atoms with Crippen LogP contribution in [0.5, 0.6) is 0 Å². The van der Waals surface area contributed by atoms with Crippen molar-refractivity contribution >= 4 is 20.9 Å². The standard InChI is InChI=1S/C15H20N2O3S/c1-4-10(2)11(3)17-21(19,20)13-6-7-14-12(9-13)5-8-15(18)16-14/h5-11,17H,4H2,1-3H3,(H,16,18). The van der Waals surface area contributed by atoms with Crippen molar-refractivity contribution in [3.8, 4) is 0 Å². The molecule has 2 aromatic rings. The van der Waals surface area contributed by atoms with E-state index in [4.69, 9.17) is 0 Å². The molecule has 0 spiro atoms. The molecule has 6 heteroatoms. The summed E-state index contributed by atoms with van der Waals surface area (Å²) in [5.74, 6) is 0.261. The minimum absolute atomic E-state index is 0.133. The Hall–Kier alpha value is -1.66. The number of rotatable bonds is 5. The second-order valence-corrected chi connectivity index (χ2v) is 7.08. The van der Waals surface area contributed by atoms with Crippen molar-refractivity contribution < 1.29 is 8.42 Å². The van der Waals surface area contributed by atoms with Crippen molar-refractivity contribution in [2.24, 2.45) is 5.92 Å². The first-order valence-corrected chi connectivity index (χ1v) is 8.47. The van der Waals surface area contributed by atoms with Gasteiger partial charge in [-0.1, -0.05) is 20.3 Å². The predicted octanol–water partition coefficient (Wildman–Crippen LogP) is 2.24. The molecule has 2 unspecified atom stereocenters. The summed E-state index contributed by atoms with van der Waals surface area (Å²) < 4.78 is 27.5. The van der Waals surface area contributed by atoms with E-state index in [0.29, 0.717) is 10.9 Å². The molecule has 21 heavy (non-hydrogen) atoms. The topological polar surface area (TPSA) is 79.0 Å². The molecule has 0 aliphatic heterocycles. The minimum Gasteiger partial charge on any atom is -0.322 e. The number of aromatic amines is 1. The highest BCUT2D eigenvalue weighted by molar-refractivity contribution is 7.89. The van der Waals surface area contributed by atoms with Gasteiger partial charge in [0.1, 0.15) is 0 Å². The second kappa shape index (κ2) is 5.99. The minimum atomic E-state index is -3.56. The molecule has 1 heterocycles. The van der Waals surface area contributed by atoms with E-state index in [1.54, 1.807) is 18.2 Å². The van der Waals surface area contributed by atoms with Gasteiger partial charge in [0.05, 0.1) is 4.90 Å². The molecule has 2 atom stereocenters. The van der Waals surface area contributed by atoms with Crippen LogP contribution in [0, 0.1) is 5.92 Å². The van der Waals surface area contributed by atoms with E-state index >= 15 is 0 Å². The van der Waals surface area contributed by atoms with Crippen LogP contribution < -0.4 is 10.3 Å². The molecule has 2 N–H and O–H groups in total. The lowest BCUT2D eigenvalue weighted by atomic mass is 10.0. The van der Waals surface area contributed by atoms with Gasteiger partial charge in [-0.2, -0.15) is 0 Å². The molecule has 0 saturated carbocycles. The lowest BCUT2D eigenvalue weighted by molar-refractivity contribution is 0.434. The number of sulfonamides is 1. The molecular formula is C15H20N2O3S. The lowest BCUT2D eigenvalue weighted by Gasteiger charge is -2.19. The average molecular weight is 308 g/mol. The highest BCUT2D eigenvalue weighted by Crippen LogP contribution is 2.18. The van der Waals surface area contributed by atoms with Crippen LogP contribution in [0.15, 0.2) is 40.0 Å². The molecule has 0 radical (unpaired) electrons. The summed E-state index contributed by atoms with van der Waals surface area (Å²) >= 11 is 0. The molecule has 0 saturated heterocycles. The van der Waals surface area contributed by atoms with Crippen molar-refractivity contribution in [2.75, 3.05) is 0 Å². The quantitative estimate of drug-likeness (QED) is 0.889. The maximum absolute atomic E-state index is 12.4. The molecule has 0 amide bonds. The lowest BCUT2D eigenvalue weighted by Crippen LogP contribution is -2.36. The number of hydrogen-bond acceptors (Lipinski definition) is 3.